The van der Waals surface area contributed by atoms with Crippen LogP contribution in [0.3, 0.4) is 0 Å². The van der Waals surface area contributed by atoms with Gasteiger partial charge in [0.2, 0.25) is 5.91 Å². The van der Waals surface area contributed by atoms with Crippen molar-refractivity contribution in [2.24, 2.45) is 0 Å². The minimum Gasteiger partial charge on any atom is -0.481 e. The summed E-state index contributed by atoms with van der Waals surface area (Å²) in [5, 5.41) is 14.5. The molecule has 0 unspecified atom stereocenters. The molecule has 0 spiro atoms. The summed E-state index contributed by atoms with van der Waals surface area (Å²) in [6.07, 6.45) is 1.85. The second kappa shape index (κ2) is 11.5. The van der Waals surface area contributed by atoms with Gasteiger partial charge in [-0.15, -0.1) is 0 Å². The third-order valence-electron chi connectivity index (χ3n) is 6.03. The highest BCUT2D eigenvalue weighted by Gasteiger charge is 2.30. The van der Waals surface area contributed by atoms with E-state index in [-0.39, 0.29) is 18.9 Å². The lowest BCUT2D eigenvalue weighted by Gasteiger charge is -2.22. The third-order valence-corrected chi connectivity index (χ3v) is 6.03. The van der Waals surface area contributed by atoms with Crippen LogP contribution in [0.1, 0.15) is 63.0 Å². The lowest BCUT2D eigenvalue weighted by Crippen LogP contribution is -2.50. The van der Waals surface area contributed by atoms with E-state index in [1.807, 2.05) is 43.3 Å². The monoisotopic (exact) mass is 452 g/mol. The average Bonchev–Trinajstić information content (AvgIpc) is 3.13. The van der Waals surface area contributed by atoms with Gasteiger partial charge in [0.25, 0.3) is 0 Å². The molecule has 7 nitrogen and oxygen atoms in total. The largest absolute Gasteiger partial charge is 0.481 e. The molecule has 0 saturated heterocycles. The molecule has 176 valence electrons. The van der Waals surface area contributed by atoms with Gasteiger partial charge in [-0.1, -0.05) is 75.2 Å². The van der Waals surface area contributed by atoms with Gasteiger partial charge in [-0.3, -0.25) is 9.59 Å². The minimum atomic E-state index is -0.964. The van der Waals surface area contributed by atoms with Crippen LogP contribution in [0.25, 0.3) is 11.1 Å². The number of fused-ring (bicyclic) bond motifs is 3. The Labute approximate surface area is 194 Å². The average molecular weight is 453 g/mol. The van der Waals surface area contributed by atoms with Crippen LogP contribution in [0.5, 0.6) is 0 Å². The van der Waals surface area contributed by atoms with Gasteiger partial charge >= 0.3 is 12.1 Å². The van der Waals surface area contributed by atoms with E-state index >= 15 is 0 Å². The lowest BCUT2D eigenvalue weighted by molar-refractivity contribution is -0.137. The topological polar surface area (TPSA) is 105 Å². The summed E-state index contributed by atoms with van der Waals surface area (Å²) >= 11 is 0. The standard InChI is InChI=1S/C26H32N2O5/c1-3-5-10-17(15-24(29)30)27-25(31)23(4-2)28-26(32)33-16-22-20-13-8-6-11-18(20)19-12-7-9-14-21(19)22/h6-9,11-14,17,22-23H,3-5,10,15-16H2,1-2H3,(H,27,31)(H,28,32)(H,29,30)/t17-,23+/m0/s1. The SMILES string of the molecule is CCCC[C@@H](CC(=O)O)NC(=O)[C@@H](CC)NC(=O)OCC1c2ccccc2-c2ccccc21. The van der Waals surface area contributed by atoms with Crippen molar-refractivity contribution in [3.63, 3.8) is 0 Å². The maximum absolute atomic E-state index is 12.7. The minimum absolute atomic E-state index is 0.0638. The van der Waals surface area contributed by atoms with Crippen LogP contribution in [0.4, 0.5) is 4.79 Å². The fraction of sp³-hybridized carbons (Fsp3) is 0.423. The number of alkyl carbamates (subject to hydrolysis) is 1. The van der Waals surface area contributed by atoms with Crippen molar-refractivity contribution in [2.45, 2.75) is 64.0 Å². The number of carboxylic acid groups (broad SMARTS) is 1. The molecule has 33 heavy (non-hydrogen) atoms. The fourth-order valence-electron chi connectivity index (χ4n) is 4.32. The number of carboxylic acids is 1. The highest BCUT2D eigenvalue weighted by molar-refractivity contribution is 5.86. The van der Waals surface area contributed by atoms with Crippen LogP contribution in [-0.4, -0.2) is 41.8 Å². The van der Waals surface area contributed by atoms with Crippen molar-refractivity contribution >= 4 is 18.0 Å². The van der Waals surface area contributed by atoms with Gasteiger partial charge in [0.15, 0.2) is 0 Å². The molecule has 2 aromatic carbocycles. The van der Waals surface area contributed by atoms with Crippen molar-refractivity contribution in [1.82, 2.24) is 10.6 Å². The smallest absolute Gasteiger partial charge is 0.407 e. The molecule has 0 bridgehead atoms. The number of unbranched alkanes of at least 4 members (excludes halogenated alkanes) is 1. The van der Waals surface area contributed by atoms with Crippen LogP contribution in [0.2, 0.25) is 0 Å². The van der Waals surface area contributed by atoms with Gasteiger partial charge in [0.1, 0.15) is 12.6 Å². The summed E-state index contributed by atoms with van der Waals surface area (Å²) in [5.41, 5.74) is 4.52. The molecule has 3 N–H and O–H groups in total. The molecule has 2 atom stereocenters. The van der Waals surface area contributed by atoms with E-state index in [0.29, 0.717) is 12.8 Å². The number of hydrogen-bond donors (Lipinski definition) is 3. The van der Waals surface area contributed by atoms with Gasteiger partial charge in [-0.05, 0) is 35.1 Å². The highest BCUT2D eigenvalue weighted by atomic mass is 16.5. The number of carbonyl (C=O) groups is 3. The van der Waals surface area contributed by atoms with E-state index < -0.39 is 30.1 Å². The van der Waals surface area contributed by atoms with Crippen LogP contribution >= 0.6 is 0 Å². The second-order valence-electron chi connectivity index (χ2n) is 8.38. The second-order valence-corrected chi connectivity index (χ2v) is 8.38. The van der Waals surface area contributed by atoms with Crippen molar-refractivity contribution in [3.05, 3.63) is 59.7 Å². The number of rotatable bonds is 11. The Morgan fingerprint density at radius 3 is 2.12 bits per heavy atom. The molecular weight excluding hydrogens is 420 g/mol. The van der Waals surface area contributed by atoms with E-state index in [1.54, 1.807) is 6.92 Å². The molecule has 0 fully saturated rings. The Bertz CT molecular complexity index is 945. The molecule has 0 aliphatic heterocycles. The molecule has 0 aromatic heterocycles. The number of hydrogen-bond acceptors (Lipinski definition) is 4. The van der Waals surface area contributed by atoms with Crippen LogP contribution < -0.4 is 10.6 Å². The normalized spacial score (nSPS) is 14.0. The quantitative estimate of drug-likeness (QED) is 0.467. The number of carbonyl (C=O) groups excluding carboxylic acids is 2. The van der Waals surface area contributed by atoms with Gasteiger partial charge in [-0.25, -0.2) is 4.79 Å². The predicted octanol–water partition coefficient (Wildman–Crippen LogP) is 4.45. The Kier molecular flexibility index (Phi) is 8.46. The van der Waals surface area contributed by atoms with Crippen LogP contribution in [0, 0.1) is 0 Å². The van der Waals surface area contributed by atoms with Crippen LogP contribution in [0.15, 0.2) is 48.5 Å². The first-order chi connectivity index (χ1) is 15.9. The number of aliphatic carboxylic acids is 1. The first kappa shape index (κ1) is 24.3. The summed E-state index contributed by atoms with van der Waals surface area (Å²) in [6.45, 7) is 3.95. The zero-order valence-corrected chi connectivity index (χ0v) is 19.2. The van der Waals surface area contributed by atoms with E-state index in [9.17, 15) is 14.4 Å². The first-order valence-electron chi connectivity index (χ1n) is 11.6. The van der Waals surface area contributed by atoms with E-state index in [4.69, 9.17) is 9.84 Å². The van der Waals surface area contributed by atoms with E-state index in [0.717, 1.165) is 35.1 Å². The van der Waals surface area contributed by atoms with Crippen molar-refractivity contribution in [1.29, 1.82) is 0 Å². The van der Waals surface area contributed by atoms with Gasteiger partial charge in [0.05, 0.1) is 6.42 Å². The molecule has 1 aliphatic rings. The number of benzene rings is 2. The molecule has 2 aromatic rings. The Hall–Kier alpha value is -3.35. The molecule has 2 amide bonds. The number of nitrogens with one attached hydrogen (secondary N) is 2. The molecule has 7 heteroatoms. The molecule has 0 saturated carbocycles. The maximum atomic E-state index is 12.7. The zero-order valence-electron chi connectivity index (χ0n) is 19.2. The van der Waals surface area contributed by atoms with E-state index in [2.05, 4.69) is 22.8 Å². The Balaban J connectivity index is 1.59. The third kappa shape index (κ3) is 6.12. The lowest BCUT2D eigenvalue weighted by atomic mass is 9.98. The molecular formula is C26H32N2O5. The molecule has 3 rings (SSSR count). The van der Waals surface area contributed by atoms with Gasteiger partial charge in [-0.2, -0.15) is 0 Å². The van der Waals surface area contributed by atoms with Crippen molar-refractivity contribution < 1.29 is 24.2 Å². The fourth-order valence-corrected chi connectivity index (χ4v) is 4.32. The van der Waals surface area contributed by atoms with Gasteiger partial charge in [0, 0.05) is 12.0 Å². The maximum Gasteiger partial charge on any atom is 0.407 e. The Morgan fingerprint density at radius 2 is 1.58 bits per heavy atom. The van der Waals surface area contributed by atoms with E-state index in [1.165, 1.54) is 0 Å². The first-order valence-corrected chi connectivity index (χ1v) is 11.6. The molecule has 0 heterocycles. The summed E-state index contributed by atoms with van der Waals surface area (Å²) in [7, 11) is 0. The zero-order chi connectivity index (χ0) is 23.8. The molecule has 0 radical (unpaired) electrons. The summed E-state index contributed by atoms with van der Waals surface area (Å²) in [4.78, 5) is 36.3. The summed E-state index contributed by atoms with van der Waals surface area (Å²) in [5.74, 6) is -1.42. The number of ether oxygens (including phenoxy) is 1. The number of amides is 2. The van der Waals surface area contributed by atoms with Crippen LogP contribution in [-0.2, 0) is 14.3 Å². The van der Waals surface area contributed by atoms with Crippen molar-refractivity contribution in [2.75, 3.05) is 6.61 Å². The summed E-state index contributed by atoms with van der Waals surface area (Å²) < 4.78 is 5.53. The predicted molar refractivity (Wildman–Crippen MR) is 126 cm³/mol. The van der Waals surface area contributed by atoms with Crippen molar-refractivity contribution in [3.8, 4) is 11.1 Å². The summed E-state index contributed by atoms with van der Waals surface area (Å²) in [6, 6.07) is 14.9. The highest BCUT2D eigenvalue weighted by Crippen LogP contribution is 2.44. The molecule has 1 aliphatic carbocycles. The van der Waals surface area contributed by atoms with Gasteiger partial charge < -0.3 is 20.5 Å². The Morgan fingerprint density at radius 1 is 0.970 bits per heavy atom.